The number of H-pyrrole nitrogens is 1. The number of rotatable bonds is 6. The summed E-state index contributed by atoms with van der Waals surface area (Å²) in [5, 5.41) is 0. The molecule has 0 spiro atoms. The highest BCUT2D eigenvalue weighted by Crippen LogP contribution is 2.22. The van der Waals surface area contributed by atoms with E-state index < -0.39 is 0 Å². The lowest BCUT2D eigenvalue weighted by molar-refractivity contribution is 0.318. The third-order valence-corrected chi connectivity index (χ3v) is 4.69. The van der Waals surface area contributed by atoms with Gasteiger partial charge < -0.3 is 9.72 Å². The first-order valence-electron chi connectivity index (χ1n) is 8.95. The van der Waals surface area contributed by atoms with E-state index in [9.17, 15) is 4.79 Å². The number of nitrogens with zero attached hydrogens (tertiary/aromatic N) is 2. The van der Waals surface area contributed by atoms with Gasteiger partial charge >= 0.3 is 0 Å². The van der Waals surface area contributed by atoms with Gasteiger partial charge in [-0.05, 0) is 44.2 Å². The highest BCUT2D eigenvalue weighted by Gasteiger charge is 2.12. The van der Waals surface area contributed by atoms with Crippen molar-refractivity contribution in [1.82, 2.24) is 14.9 Å². The van der Waals surface area contributed by atoms with Crippen LogP contribution in [0.5, 0.6) is 5.75 Å². The van der Waals surface area contributed by atoms with Gasteiger partial charge in [0.05, 0.1) is 7.11 Å². The number of hydrogen-bond acceptors (Lipinski definition) is 4. The molecule has 0 saturated heterocycles. The molecule has 5 nitrogen and oxygen atoms in total. The van der Waals surface area contributed by atoms with Crippen molar-refractivity contribution in [2.45, 2.75) is 26.9 Å². The van der Waals surface area contributed by atoms with Crippen molar-refractivity contribution in [2.75, 3.05) is 14.2 Å². The summed E-state index contributed by atoms with van der Waals surface area (Å²) < 4.78 is 5.30. The molecule has 0 aliphatic carbocycles. The van der Waals surface area contributed by atoms with Crippen molar-refractivity contribution in [3.63, 3.8) is 0 Å². The first kappa shape index (κ1) is 18.9. The summed E-state index contributed by atoms with van der Waals surface area (Å²) in [5.41, 5.74) is 4.59. The van der Waals surface area contributed by atoms with Gasteiger partial charge in [-0.3, -0.25) is 9.69 Å². The molecule has 2 aromatic carbocycles. The molecule has 3 aromatic rings. The fourth-order valence-electron chi connectivity index (χ4n) is 3.09. The normalized spacial score (nSPS) is 11.0. The molecule has 1 N–H and O–H groups in total. The molecule has 5 heteroatoms. The lowest BCUT2D eigenvalue weighted by Gasteiger charge is -2.19. The number of benzene rings is 2. The van der Waals surface area contributed by atoms with Crippen molar-refractivity contribution < 1.29 is 4.74 Å². The molecule has 0 unspecified atom stereocenters. The second-order valence-electron chi connectivity index (χ2n) is 6.81. The predicted octanol–water partition coefficient (Wildman–Crippen LogP) is 3.69. The van der Waals surface area contributed by atoms with Crippen LogP contribution in [0.3, 0.4) is 0 Å². The molecule has 0 saturated carbocycles. The van der Waals surface area contributed by atoms with E-state index in [1.54, 1.807) is 14.0 Å². The Morgan fingerprint density at radius 3 is 2.59 bits per heavy atom. The first-order valence-corrected chi connectivity index (χ1v) is 8.95. The lowest BCUT2D eigenvalue weighted by atomic mass is 10.1. The SMILES string of the molecule is COc1cccc(CN(C)Cc2ccccc2-c2nc(C)c(C)c(=O)[nH]2)c1. The zero-order valence-corrected chi connectivity index (χ0v) is 16.2. The highest BCUT2D eigenvalue weighted by molar-refractivity contribution is 5.60. The molecular weight excluding hydrogens is 338 g/mol. The highest BCUT2D eigenvalue weighted by atomic mass is 16.5. The van der Waals surface area contributed by atoms with E-state index >= 15 is 0 Å². The van der Waals surface area contributed by atoms with Crippen LogP contribution < -0.4 is 10.3 Å². The van der Waals surface area contributed by atoms with Gasteiger partial charge in [-0.2, -0.15) is 0 Å². The van der Waals surface area contributed by atoms with E-state index in [-0.39, 0.29) is 5.56 Å². The Labute approximate surface area is 159 Å². The minimum Gasteiger partial charge on any atom is -0.497 e. The summed E-state index contributed by atoms with van der Waals surface area (Å²) in [7, 11) is 3.75. The van der Waals surface area contributed by atoms with E-state index in [1.165, 1.54) is 5.56 Å². The van der Waals surface area contributed by atoms with Crippen LogP contribution >= 0.6 is 0 Å². The van der Waals surface area contributed by atoms with Crippen LogP contribution in [0.1, 0.15) is 22.4 Å². The molecule has 0 aliphatic rings. The van der Waals surface area contributed by atoms with Gasteiger partial charge in [-0.1, -0.05) is 36.4 Å². The van der Waals surface area contributed by atoms with Gasteiger partial charge in [-0.15, -0.1) is 0 Å². The van der Waals surface area contributed by atoms with Crippen LogP contribution in [0.15, 0.2) is 53.3 Å². The minimum atomic E-state index is -0.0861. The van der Waals surface area contributed by atoms with Gasteiger partial charge in [0.15, 0.2) is 0 Å². The number of aromatic nitrogens is 2. The first-order chi connectivity index (χ1) is 13.0. The molecule has 1 heterocycles. The quantitative estimate of drug-likeness (QED) is 0.726. The molecule has 1 aromatic heterocycles. The summed E-state index contributed by atoms with van der Waals surface area (Å²) in [4.78, 5) is 21.9. The predicted molar refractivity (Wildman–Crippen MR) is 108 cm³/mol. The summed E-state index contributed by atoms with van der Waals surface area (Å²) in [6, 6.07) is 16.1. The molecule has 0 radical (unpaired) electrons. The van der Waals surface area contributed by atoms with Crippen molar-refractivity contribution >= 4 is 0 Å². The number of hydrogen-bond donors (Lipinski definition) is 1. The number of aryl methyl sites for hydroxylation is 1. The smallest absolute Gasteiger partial charge is 0.254 e. The van der Waals surface area contributed by atoms with Crippen LogP contribution in [0.4, 0.5) is 0 Å². The number of ether oxygens (including phenoxy) is 1. The van der Waals surface area contributed by atoms with E-state index in [4.69, 9.17) is 4.74 Å². The zero-order chi connectivity index (χ0) is 19.4. The van der Waals surface area contributed by atoms with E-state index in [1.807, 2.05) is 43.3 Å². The monoisotopic (exact) mass is 363 g/mol. The largest absolute Gasteiger partial charge is 0.497 e. The van der Waals surface area contributed by atoms with E-state index in [2.05, 4.69) is 34.0 Å². The topological polar surface area (TPSA) is 58.2 Å². The molecule has 0 bridgehead atoms. The van der Waals surface area contributed by atoms with E-state index in [0.717, 1.165) is 35.7 Å². The van der Waals surface area contributed by atoms with Crippen LogP contribution in [0.2, 0.25) is 0 Å². The maximum absolute atomic E-state index is 12.2. The molecule has 140 valence electrons. The fraction of sp³-hybridized carbons (Fsp3) is 0.273. The maximum atomic E-state index is 12.2. The van der Waals surface area contributed by atoms with Gasteiger partial charge in [0, 0.05) is 29.9 Å². The molecule has 0 atom stereocenters. The van der Waals surface area contributed by atoms with Crippen LogP contribution in [-0.4, -0.2) is 29.0 Å². The third-order valence-electron chi connectivity index (χ3n) is 4.69. The number of methoxy groups -OCH3 is 1. The second kappa shape index (κ2) is 8.18. The third kappa shape index (κ3) is 4.44. The Morgan fingerprint density at radius 1 is 1.07 bits per heavy atom. The lowest BCUT2D eigenvalue weighted by Crippen LogP contribution is -2.19. The van der Waals surface area contributed by atoms with Crippen molar-refractivity contribution in [3.8, 4) is 17.1 Å². The van der Waals surface area contributed by atoms with Crippen molar-refractivity contribution in [1.29, 1.82) is 0 Å². The average Bonchev–Trinajstić information content (AvgIpc) is 2.66. The minimum absolute atomic E-state index is 0.0861. The van der Waals surface area contributed by atoms with Gasteiger partial charge in [-0.25, -0.2) is 4.98 Å². The molecule has 27 heavy (non-hydrogen) atoms. The molecule has 0 amide bonds. The van der Waals surface area contributed by atoms with Crippen molar-refractivity contribution in [3.05, 3.63) is 81.3 Å². The molecule has 0 aliphatic heterocycles. The van der Waals surface area contributed by atoms with Crippen LogP contribution in [-0.2, 0) is 13.1 Å². The standard InChI is InChI=1S/C22H25N3O2/c1-15-16(2)23-21(24-22(15)26)20-11-6-5-9-18(20)14-25(3)13-17-8-7-10-19(12-17)27-4/h5-12H,13-14H2,1-4H3,(H,23,24,26). The average molecular weight is 363 g/mol. The molecule has 0 fully saturated rings. The second-order valence-corrected chi connectivity index (χ2v) is 6.81. The summed E-state index contributed by atoms with van der Waals surface area (Å²) in [5.74, 6) is 1.48. The molecular formula is C22H25N3O2. The Kier molecular flexibility index (Phi) is 5.72. The van der Waals surface area contributed by atoms with Gasteiger partial charge in [0.1, 0.15) is 11.6 Å². The Bertz CT molecular complexity index is 995. The van der Waals surface area contributed by atoms with E-state index in [0.29, 0.717) is 11.4 Å². The number of nitrogens with one attached hydrogen (secondary N) is 1. The van der Waals surface area contributed by atoms with Crippen LogP contribution in [0, 0.1) is 13.8 Å². The fourth-order valence-corrected chi connectivity index (χ4v) is 3.09. The summed E-state index contributed by atoms with van der Waals surface area (Å²) >= 11 is 0. The van der Waals surface area contributed by atoms with Gasteiger partial charge in [0.25, 0.3) is 5.56 Å². The number of aromatic amines is 1. The summed E-state index contributed by atoms with van der Waals surface area (Å²) in [6.45, 7) is 5.19. The van der Waals surface area contributed by atoms with Crippen LogP contribution in [0.25, 0.3) is 11.4 Å². The summed E-state index contributed by atoms with van der Waals surface area (Å²) in [6.07, 6.45) is 0. The van der Waals surface area contributed by atoms with Gasteiger partial charge in [0.2, 0.25) is 0 Å². The molecule has 3 rings (SSSR count). The maximum Gasteiger partial charge on any atom is 0.254 e. The zero-order valence-electron chi connectivity index (χ0n) is 16.2. The van der Waals surface area contributed by atoms with Crippen molar-refractivity contribution in [2.24, 2.45) is 0 Å². The Morgan fingerprint density at radius 2 is 1.85 bits per heavy atom. The Hall–Kier alpha value is -2.92. The Balaban J connectivity index is 1.85.